The van der Waals surface area contributed by atoms with Crippen molar-refractivity contribution >= 4 is 23.6 Å². The van der Waals surface area contributed by atoms with Crippen molar-refractivity contribution in [3.8, 4) is 46.0 Å². The van der Waals surface area contributed by atoms with Gasteiger partial charge in [0.15, 0.2) is 92.0 Å². The van der Waals surface area contributed by atoms with Crippen LogP contribution in [-0.2, 0) is 18.9 Å². The molecule has 8 aromatic carbocycles. The second-order valence-electron chi connectivity index (χ2n) is 33.7. The monoisotopic (exact) mass is 1980 g/mol. The molecule has 12 heterocycles. The molecule has 40 heteroatoms. The number of aromatic nitrogens is 4. The number of benzene rings is 8. The van der Waals surface area contributed by atoms with Crippen LogP contribution in [0.4, 0.5) is 35.1 Å². The average molecular weight is 1980 g/mol. The van der Waals surface area contributed by atoms with Crippen LogP contribution in [0.1, 0.15) is 111 Å². The van der Waals surface area contributed by atoms with Gasteiger partial charge in [-0.3, -0.25) is 77.1 Å². The molecule has 0 saturated heterocycles. The lowest BCUT2D eigenvalue weighted by Gasteiger charge is -2.45. The number of methoxy groups -OCH3 is 4. The highest BCUT2D eigenvalue weighted by molar-refractivity contribution is 5.99. The molecule has 8 aliphatic rings. The highest BCUT2D eigenvalue weighted by Crippen LogP contribution is 2.46. The van der Waals surface area contributed by atoms with Gasteiger partial charge in [-0.05, 0) is 95.1 Å². The van der Waals surface area contributed by atoms with E-state index in [1.165, 1.54) is 116 Å². The normalized spacial score (nSPS) is 20.1. The molecule has 32 nitrogen and oxygen atoms in total. The summed E-state index contributed by atoms with van der Waals surface area (Å²) in [6, 6.07) is 44.9. The number of amides is 4. The van der Waals surface area contributed by atoms with E-state index < -0.39 is 163 Å². The quantitative estimate of drug-likeness (QED) is 0.0652. The molecular weight excluding hydrogens is 1890 g/mol. The van der Waals surface area contributed by atoms with E-state index in [2.05, 4.69) is 0 Å². The molecule has 0 unspecified atom stereocenters. The lowest BCUT2D eigenvalue weighted by molar-refractivity contribution is 0.0512. The Morgan fingerprint density at radius 3 is 0.660 bits per heavy atom. The predicted octanol–water partition coefficient (Wildman–Crippen LogP) is 11.7. The number of carbonyl (C=O) groups excluding carboxylic acids is 4. The van der Waals surface area contributed by atoms with Crippen molar-refractivity contribution in [2.45, 2.75) is 48.3 Å². The molecule has 744 valence electrons. The Labute approximate surface area is 815 Å². The highest BCUT2D eigenvalue weighted by atomic mass is 19.2. The fraction of sp³-hybridized carbons (Fsp3) is 0.231. The molecule has 0 fully saturated rings. The first-order valence-corrected chi connectivity index (χ1v) is 45.0. The number of aromatic hydroxyl groups is 4. The van der Waals surface area contributed by atoms with Gasteiger partial charge in [-0.2, -0.15) is 17.6 Å². The zero-order chi connectivity index (χ0) is 102. The summed E-state index contributed by atoms with van der Waals surface area (Å²) in [6.45, 7) is -0.00979. The maximum Gasteiger partial charge on any atom is 0.278 e. The van der Waals surface area contributed by atoms with Crippen LogP contribution in [0.15, 0.2) is 287 Å². The van der Waals surface area contributed by atoms with Gasteiger partial charge in [0.2, 0.25) is 45.0 Å². The van der Waals surface area contributed by atoms with Crippen LogP contribution in [0.2, 0.25) is 0 Å². The topological polar surface area (TPSA) is 337 Å². The Kier molecular flexibility index (Phi) is 29.4. The summed E-state index contributed by atoms with van der Waals surface area (Å²) in [6.07, 6.45) is 18.5. The Morgan fingerprint density at radius 1 is 0.278 bits per heavy atom. The molecule has 4 N–H and O–H groups in total. The van der Waals surface area contributed by atoms with Gasteiger partial charge in [0, 0.05) is 99.7 Å². The molecule has 0 aliphatic carbocycles. The number of halogens is 8. The standard InChI is InChI=1S/4C26H23F2N3O5/c4*1-35-14-17-8-5-13-36-25-18(9-10-19(27)21(25)28)22(16-6-3-2-4-7-16)31-15-29(17)26(34)23-24(33)20(32)11-12-30(23)31/h4*2-12,17,22,33H,13-15H2,1H3/b4*8-5+/t2*17-,22+;2*17-,22-/m1010/s1. The second kappa shape index (κ2) is 42.8. The summed E-state index contributed by atoms with van der Waals surface area (Å²) in [5.41, 5.74) is 0.113. The van der Waals surface area contributed by atoms with Gasteiger partial charge >= 0.3 is 0 Å². The van der Waals surface area contributed by atoms with Crippen molar-refractivity contribution in [3.63, 3.8) is 0 Å². The molecule has 8 aliphatic heterocycles. The fourth-order valence-electron chi connectivity index (χ4n) is 18.5. The molecule has 8 bridgehead atoms. The van der Waals surface area contributed by atoms with Crippen molar-refractivity contribution in [2.75, 3.05) is 128 Å². The van der Waals surface area contributed by atoms with E-state index in [0.717, 1.165) is 48.5 Å². The summed E-state index contributed by atoms with van der Waals surface area (Å²) in [4.78, 5) is 109. The van der Waals surface area contributed by atoms with Crippen molar-refractivity contribution in [1.29, 1.82) is 0 Å². The van der Waals surface area contributed by atoms with Gasteiger partial charge in [0.25, 0.3) is 23.6 Å². The van der Waals surface area contributed by atoms with E-state index in [0.29, 0.717) is 44.5 Å². The third kappa shape index (κ3) is 19.0. The Bertz CT molecular complexity index is 6420. The molecule has 12 aromatic rings. The molecular formula is C104H92F8N12O20. The van der Waals surface area contributed by atoms with Crippen LogP contribution in [0.5, 0.6) is 46.0 Å². The zero-order valence-electron chi connectivity index (χ0n) is 77.2. The summed E-state index contributed by atoms with van der Waals surface area (Å²) in [7, 11) is 5.94. The van der Waals surface area contributed by atoms with Crippen LogP contribution in [0, 0.1) is 46.5 Å². The fourth-order valence-corrected chi connectivity index (χ4v) is 18.5. The first-order valence-electron chi connectivity index (χ1n) is 45.0. The number of fused-ring (bicyclic) bond motifs is 20. The van der Waals surface area contributed by atoms with Gasteiger partial charge in [-0.1, -0.05) is 146 Å². The minimum Gasteiger partial charge on any atom is -0.502 e. The van der Waals surface area contributed by atoms with Crippen LogP contribution in [0.3, 0.4) is 0 Å². The number of hydrogen-bond acceptors (Lipinski definition) is 24. The molecule has 4 aromatic heterocycles. The third-order valence-electron chi connectivity index (χ3n) is 25.2. The van der Waals surface area contributed by atoms with Crippen LogP contribution in [-0.4, -0.2) is 214 Å². The molecule has 8 atom stereocenters. The van der Waals surface area contributed by atoms with Crippen LogP contribution >= 0.6 is 0 Å². The Balaban J connectivity index is 0.000000132. The molecule has 0 saturated carbocycles. The largest absolute Gasteiger partial charge is 0.502 e. The maximum atomic E-state index is 15.1. The van der Waals surface area contributed by atoms with Crippen molar-refractivity contribution in [2.24, 2.45) is 0 Å². The number of pyridine rings is 4. The summed E-state index contributed by atoms with van der Waals surface area (Å²) < 4.78 is 167. The third-order valence-corrected chi connectivity index (χ3v) is 25.2. The number of hydrogen-bond donors (Lipinski definition) is 4. The first-order chi connectivity index (χ1) is 69.7. The number of nitrogens with zero attached hydrogens (tertiary/aromatic N) is 12. The molecule has 144 heavy (non-hydrogen) atoms. The number of rotatable bonds is 12. The van der Waals surface area contributed by atoms with Gasteiger partial charge in [0.05, 0.1) is 50.6 Å². The van der Waals surface area contributed by atoms with Gasteiger partial charge in [-0.15, -0.1) is 0 Å². The number of carbonyl (C=O) groups is 4. The Morgan fingerprint density at radius 2 is 0.472 bits per heavy atom. The number of ether oxygens (including phenoxy) is 8. The predicted molar refractivity (Wildman–Crippen MR) is 506 cm³/mol. The van der Waals surface area contributed by atoms with Gasteiger partial charge in [-0.25, -0.2) is 17.6 Å². The SMILES string of the molecule is COC[C@@H]1/C=C/COc2c(ccc(F)c2F)[C@@H](c2ccccc2)N2CN1C(=O)c1c(O)c(=O)ccn12.COC[C@@H]1/C=C/COc2c(ccc(F)c2F)[C@H](c2ccccc2)N2CN1C(=O)c1c(O)c(=O)ccn12.COC[C@H]1/C=C/COc2c(ccc(F)c2F)[C@@H](c2ccccc2)N2CN1C(=O)c1c(O)c(=O)ccn12.COC[C@H]1/C=C/COc2c(ccc(F)c2F)[C@H](c2ccccc2)N2CN1C(=O)c1c(O)c(=O)ccn12. The van der Waals surface area contributed by atoms with E-state index in [4.69, 9.17) is 37.9 Å². The molecule has 0 radical (unpaired) electrons. The summed E-state index contributed by atoms with van der Waals surface area (Å²) >= 11 is 0. The lowest BCUT2D eigenvalue weighted by Crippen LogP contribution is -2.58. The minimum absolute atomic E-state index is 0.0233. The molecule has 20 rings (SSSR count). The second-order valence-corrected chi connectivity index (χ2v) is 33.7. The maximum absolute atomic E-state index is 15.1. The zero-order valence-corrected chi connectivity index (χ0v) is 77.2. The van der Waals surface area contributed by atoms with E-state index in [1.54, 1.807) is 117 Å². The summed E-state index contributed by atoms with van der Waals surface area (Å²) in [5, 5.41) is 49.4. The molecule has 4 amide bonds. The van der Waals surface area contributed by atoms with Crippen LogP contribution < -0.4 is 60.7 Å². The average Bonchev–Trinajstić information content (AvgIpc) is 0.957. The van der Waals surface area contributed by atoms with Crippen molar-refractivity contribution in [3.05, 3.63) is 422 Å². The van der Waals surface area contributed by atoms with Crippen molar-refractivity contribution < 1.29 is 113 Å². The Hall–Kier alpha value is -16.7. The lowest BCUT2D eigenvalue weighted by atomic mass is 9.96. The van der Waals surface area contributed by atoms with Gasteiger partial charge < -0.3 is 77.9 Å². The van der Waals surface area contributed by atoms with Crippen LogP contribution in [0.25, 0.3) is 0 Å². The highest BCUT2D eigenvalue weighted by Gasteiger charge is 2.47. The smallest absolute Gasteiger partial charge is 0.278 e. The van der Waals surface area contributed by atoms with E-state index in [-0.39, 0.29) is 125 Å². The summed E-state index contributed by atoms with van der Waals surface area (Å²) in [5.74, 6) is -15.0. The van der Waals surface area contributed by atoms with Crippen molar-refractivity contribution in [1.82, 2.24) is 38.3 Å². The minimum atomic E-state index is -1.14. The van der Waals surface area contributed by atoms with Gasteiger partial charge in [0.1, 0.15) is 77.3 Å². The first kappa shape index (κ1) is 98.9. The van der Waals surface area contributed by atoms with E-state index in [9.17, 15) is 76.3 Å². The van der Waals surface area contributed by atoms with E-state index in [1.807, 2.05) is 72.8 Å². The molecule has 0 spiro atoms. The van der Waals surface area contributed by atoms with E-state index >= 15 is 17.6 Å².